The van der Waals surface area contributed by atoms with Crippen LogP contribution in [0.2, 0.25) is 0 Å². The molecule has 6 nitrogen and oxygen atoms in total. The molecule has 126 valence electrons. The molecule has 0 aromatic heterocycles. The first-order chi connectivity index (χ1) is 10.1. The normalized spacial score (nSPS) is 12.2. The van der Waals surface area contributed by atoms with Crippen molar-refractivity contribution in [2.75, 3.05) is 13.2 Å². The third-order valence-corrected chi connectivity index (χ3v) is 2.68. The van der Waals surface area contributed by atoms with E-state index < -0.39 is 23.5 Å². The molecule has 0 aliphatic rings. The van der Waals surface area contributed by atoms with Crippen molar-refractivity contribution in [2.45, 2.75) is 53.1 Å². The van der Waals surface area contributed by atoms with Gasteiger partial charge in [-0.15, -0.1) is 0 Å². The summed E-state index contributed by atoms with van der Waals surface area (Å²) in [6.45, 7) is 12.4. The van der Waals surface area contributed by atoms with Gasteiger partial charge in [-0.05, 0) is 34.1 Å². The van der Waals surface area contributed by atoms with Crippen molar-refractivity contribution in [3.05, 3.63) is 12.2 Å². The molecule has 0 rings (SSSR count). The van der Waals surface area contributed by atoms with E-state index in [2.05, 4.69) is 11.9 Å². The van der Waals surface area contributed by atoms with E-state index in [0.717, 1.165) is 0 Å². The van der Waals surface area contributed by atoms with Gasteiger partial charge in [0.05, 0.1) is 13.0 Å². The van der Waals surface area contributed by atoms with Crippen LogP contribution in [0.25, 0.3) is 0 Å². The largest absolute Gasteiger partial charge is 0.460 e. The minimum atomic E-state index is -0.567. The molecule has 0 saturated carbocycles. The molecule has 0 unspecified atom stereocenters. The van der Waals surface area contributed by atoms with Gasteiger partial charge in [0.2, 0.25) is 5.91 Å². The maximum absolute atomic E-state index is 12.0. The fourth-order valence-electron chi connectivity index (χ4n) is 1.59. The van der Waals surface area contributed by atoms with Crippen molar-refractivity contribution < 1.29 is 23.9 Å². The zero-order chi connectivity index (χ0) is 17.3. The summed E-state index contributed by atoms with van der Waals surface area (Å²) in [6.07, 6.45) is 0.557. The number of amides is 1. The highest BCUT2D eigenvalue weighted by atomic mass is 16.6. The quantitative estimate of drug-likeness (QED) is 0.421. The SMILES string of the molecule is C=C(C)C(=O)OCCNC(=O)[C@@H](CC)CC(=O)OC(C)(C)C. The van der Waals surface area contributed by atoms with E-state index in [4.69, 9.17) is 9.47 Å². The Morgan fingerprint density at radius 3 is 2.27 bits per heavy atom. The first kappa shape index (κ1) is 20.1. The van der Waals surface area contributed by atoms with Crippen LogP contribution in [0.4, 0.5) is 0 Å². The Hall–Kier alpha value is -1.85. The Morgan fingerprint density at radius 2 is 1.82 bits per heavy atom. The molecule has 0 radical (unpaired) electrons. The van der Waals surface area contributed by atoms with Gasteiger partial charge in [0.1, 0.15) is 12.2 Å². The van der Waals surface area contributed by atoms with Crippen LogP contribution in [-0.4, -0.2) is 36.6 Å². The lowest BCUT2D eigenvalue weighted by Crippen LogP contribution is -2.35. The lowest BCUT2D eigenvalue weighted by Gasteiger charge is -2.21. The Bertz CT molecular complexity index is 423. The molecule has 0 aromatic carbocycles. The summed E-state index contributed by atoms with van der Waals surface area (Å²) in [5.74, 6) is -1.59. The van der Waals surface area contributed by atoms with Crippen molar-refractivity contribution >= 4 is 17.8 Å². The summed E-state index contributed by atoms with van der Waals surface area (Å²) >= 11 is 0. The van der Waals surface area contributed by atoms with Gasteiger partial charge >= 0.3 is 11.9 Å². The number of rotatable bonds is 8. The van der Waals surface area contributed by atoms with Crippen molar-refractivity contribution in [3.8, 4) is 0 Å². The summed E-state index contributed by atoms with van der Waals surface area (Å²) < 4.78 is 10.1. The summed E-state index contributed by atoms with van der Waals surface area (Å²) in [6, 6.07) is 0. The number of nitrogens with one attached hydrogen (secondary N) is 1. The number of carbonyl (C=O) groups excluding carboxylic acids is 3. The van der Waals surface area contributed by atoms with Crippen LogP contribution in [0.5, 0.6) is 0 Å². The molecular weight excluding hydrogens is 286 g/mol. The van der Waals surface area contributed by atoms with E-state index >= 15 is 0 Å². The minimum Gasteiger partial charge on any atom is -0.460 e. The highest BCUT2D eigenvalue weighted by Gasteiger charge is 2.24. The van der Waals surface area contributed by atoms with Crippen LogP contribution >= 0.6 is 0 Å². The highest BCUT2D eigenvalue weighted by molar-refractivity contribution is 5.87. The lowest BCUT2D eigenvalue weighted by atomic mass is 10.0. The van der Waals surface area contributed by atoms with Gasteiger partial charge in [-0.25, -0.2) is 4.79 Å². The Kier molecular flexibility index (Phi) is 8.45. The van der Waals surface area contributed by atoms with Crippen molar-refractivity contribution in [1.29, 1.82) is 0 Å². The first-order valence-corrected chi connectivity index (χ1v) is 7.39. The second kappa shape index (κ2) is 9.23. The minimum absolute atomic E-state index is 0.0329. The molecule has 0 aliphatic carbocycles. The zero-order valence-electron chi connectivity index (χ0n) is 14.2. The summed E-state index contributed by atoms with van der Waals surface area (Å²) in [7, 11) is 0. The summed E-state index contributed by atoms with van der Waals surface area (Å²) in [5.41, 5.74) is -0.259. The smallest absolute Gasteiger partial charge is 0.333 e. The molecular formula is C16H27NO5. The first-order valence-electron chi connectivity index (χ1n) is 7.39. The van der Waals surface area contributed by atoms with Crippen LogP contribution in [0, 0.1) is 5.92 Å². The third kappa shape index (κ3) is 9.15. The topological polar surface area (TPSA) is 81.7 Å². The predicted molar refractivity (Wildman–Crippen MR) is 83.0 cm³/mol. The molecule has 0 saturated heterocycles. The maximum Gasteiger partial charge on any atom is 0.333 e. The van der Waals surface area contributed by atoms with Gasteiger partial charge in [-0.2, -0.15) is 0 Å². The molecule has 0 heterocycles. The molecule has 1 atom stereocenters. The lowest BCUT2D eigenvalue weighted by molar-refractivity contribution is -0.157. The van der Waals surface area contributed by atoms with Crippen LogP contribution < -0.4 is 5.32 Å². The Labute approximate surface area is 132 Å². The monoisotopic (exact) mass is 313 g/mol. The molecule has 0 aliphatic heterocycles. The molecule has 0 spiro atoms. The van der Waals surface area contributed by atoms with Gasteiger partial charge in [0.25, 0.3) is 0 Å². The molecule has 1 amide bonds. The number of hydrogen-bond donors (Lipinski definition) is 1. The number of hydrogen-bond acceptors (Lipinski definition) is 5. The van der Waals surface area contributed by atoms with Gasteiger partial charge in [-0.3, -0.25) is 9.59 Å². The molecule has 0 bridgehead atoms. The van der Waals surface area contributed by atoms with Crippen LogP contribution in [0.15, 0.2) is 12.2 Å². The second-order valence-corrected chi connectivity index (χ2v) is 6.10. The predicted octanol–water partition coefficient (Wildman–Crippen LogP) is 1.98. The average molecular weight is 313 g/mol. The highest BCUT2D eigenvalue weighted by Crippen LogP contribution is 2.14. The Balaban J connectivity index is 4.18. The van der Waals surface area contributed by atoms with Crippen LogP contribution in [-0.2, 0) is 23.9 Å². The van der Waals surface area contributed by atoms with E-state index in [1.807, 2.05) is 6.92 Å². The van der Waals surface area contributed by atoms with Gasteiger partial charge in [-0.1, -0.05) is 13.5 Å². The van der Waals surface area contributed by atoms with E-state index in [9.17, 15) is 14.4 Å². The van der Waals surface area contributed by atoms with Crippen molar-refractivity contribution in [2.24, 2.45) is 5.92 Å². The Morgan fingerprint density at radius 1 is 1.23 bits per heavy atom. The second-order valence-electron chi connectivity index (χ2n) is 6.10. The standard InChI is InChI=1S/C16H27NO5/c1-7-12(10-13(18)22-16(4,5)6)14(19)17-8-9-21-15(20)11(2)3/h12H,2,7-10H2,1,3-6H3,(H,17,19)/t12-/m0/s1. The average Bonchev–Trinajstić information content (AvgIpc) is 2.38. The van der Waals surface area contributed by atoms with E-state index in [-0.39, 0.29) is 25.5 Å². The number of carbonyl (C=O) groups is 3. The molecule has 6 heteroatoms. The number of ether oxygens (including phenoxy) is 2. The summed E-state index contributed by atoms with van der Waals surface area (Å²) in [4.78, 5) is 34.9. The van der Waals surface area contributed by atoms with Gasteiger partial charge in [0.15, 0.2) is 0 Å². The summed E-state index contributed by atoms with van der Waals surface area (Å²) in [5, 5.41) is 2.64. The third-order valence-electron chi connectivity index (χ3n) is 2.68. The maximum atomic E-state index is 12.0. The van der Waals surface area contributed by atoms with Gasteiger partial charge in [0, 0.05) is 11.5 Å². The van der Waals surface area contributed by atoms with E-state index in [0.29, 0.717) is 12.0 Å². The fourth-order valence-corrected chi connectivity index (χ4v) is 1.59. The molecule has 0 aromatic rings. The molecule has 0 fully saturated rings. The van der Waals surface area contributed by atoms with Crippen molar-refractivity contribution in [1.82, 2.24) is 5.32 Å². The fraction of sp³-hybridized carbons (Fsp3) is 0.688. The van der Waals surface area contributed by atoms with E-state index in [1.165, 1.54) is 0 Å². The van der Waals surface area contributed by atoms with Crippen LogP contribution in [0.1, 0.15) is 47.5 Å². The van der Waals surface area contributed by atoms with Crippen LogP contribution in [0.3, 0.4) is 0 Å². The molecule has 22 heavy (non-hydrogen) atoms. The molecule has 1 N–H and O–H groups in total. The zero-order valence-corrected chi connectivity index (χ0v) is 14.2. The number of esters is 2. The van der Waals surface area contributed by atoms with Gasteiger partial charge < -0.3 is 14.8 Å². The van der Waals surface area contributed by atoms with Crippen molar-refractivity contribution in [3.63, 3.8) is 0 Å². The van der Waals surface area contributed by atoms with E-state index in [1.54, 1.807) is 27.7 Å².